The SMILES string of the molecule is COC(=O)c1ccccc1N(CC(=O)N1CCCC(C)C1)S(C)(=O)=O. The highest BCUT2D eigenvalue weighted by Crippen LogP contribution is 2.24. The van der Waals surface area contributed by atoms with Crippen LogP contribution in [0.2, 0.25) is 0 Å². The van der Waals surface area contributed by atoms with Crippen LogP contribution in [0.15, 0.2) is 24.3 Å². The van der Waals surface area contributed by atoms with Crippen molar-refractivity contribution in [2.45, 2.75) is 19.8 Å². The molecule has 0 aromatic heterocycles. The van der Waals surface area contributed by atoms with Gasteiger partial charge in [-0.3, -0.25) is 9.10 Å². The molecule has 0 N–H and O–H groups in total. The van der Waals surface area contributed by atoms with E-state index in [0.717, 1.165) is 23.4 Å². The summed E-state index contributed by atoms with van der Waals surface area (Å²) in [6.45, 7) is 2.98. The van der Waals surface area contributed by atoms with Crippen LogP contribution in [0, 0.1) is 5.92 Å². The van der Waals surface area contributed by atoms with Gasteiger partial charge in [-0.1, -0.05) is 19.1 Å². The van der Waals surface area contributed by atoms with Gasteiger partial charge in [-0.2, -0.15) is 0 Å². The van der Waals surface area contributed by atoms with Gasteiger partial charge in [0.2, 0.25) is 15.9 Å². The number of ether oxygens (including phenoxy) is 1. The highest BCUT2D eigenvalue weighted by atomic mass is 32.2. The minimum Gasteiger partial charge on any atom is -0.465 e. The summed E-state index contributed by atoms with van der Waals surface area (Å²) in [4.78, 5) is 26.3. The summed E-state index contributed by atoms with van der Waals surface area (Å²) in [7, 11) is -2.53. The summed E-state index contributed by atoms with van der Waals surface area (Å²) in [5.41, 5.74) is 0.255. The van der Waals surface area contributed by atoms with Crippen molar-refractivity contribution in [3.63, 3.8) is 0 Å². The number of nitrogens with zero attached hydrogens (tertiary/aromatic N) is 2. The first-order valence-corrected chi connectivity index (χ1v) is 10.0. The van der Waals surface area contributed by atoms with E-state index in [4.69, 9.17) is 4.74 Å². The summed E-state index contributed by atoms with van der Waals surface area (Å²) >= 11 is 0. The van der Waals surface area contributed by atoms with E-state index < -0.39 is 16.0 Å². The number of likely N-dealkylation sites (tertiary alicyclic amines) is 1. The third kappa shape index (κ3) is 4.72. The Labute approximate surface area is 148 Å². The summed E-state index contributed by atoms with van der Waals surface area (Å²) in [5, 5.41) is 0. The van der Waals surface area contributed by atoms with Gasteiger partial charge in [-0.15, -0.1) is 0 Å². The number of carbonyl (C=O) groups excluding carboxylic acids is 2. The number of hydrogen-bond acceptors (Lipinski definition) is 5. The first-order valence-electron chi connectivity index (χ1n) is 8.17. The van der Waals surface area contributed by atoms with Crippen LogP contribution in [0.3, 0.4) is 0 Å². The normalized spacial score (nSPS) is 17.9. The van der Waals surface area contributed by atoms with Gasteiger partial charge in [0.25, 0.3) is 0 Å². The maximum Gasteiger partial charge on any atom is 0.340 e. The van der Waals surface area contributed by atoms with Crippen molar-refractivity contribution in [2.75, 3.05) is 37.3 Å². The molecule has 1 aromatic rings. The molecule has 1 aliphatic rings. The molecule has 0 saturated carbocycles. The Balaban J connectivity index is 2.32. The Kier molecular flexibility index (Phi) is 6.05. The fraction of sp³-hybridized carbons (Fsp3) is 0.529. The average molecular weight is 368 g/mol. The van der Waals surface area contributed by atoms with Crippen LogP contribution in [0.4, 0.5) is 5.69 Å². The van der Waals surface area contributed by atoms with Crippen molar-refractivity contribution in [1.29, 1.82) is 0 Å². The lowest BCUT2D eigenvalue weighted by Gasteiger charge is -2.33. The minimum absolute atomic E-state index is 0.107. The molecule has 0 bridgehead atoms. The number of para-hydroxylation sites is 1. The second-order valence-corrected chi connectivity index (χ2v) is 8.27. The Bertz CT molecular complexity index is 747. The molecular weight excluding hydrogens is 344 g/mol. The van der Waals surface area contributed by atoms with E-state index in [1.54, 1.807) is 17.0 Å². The number of carbonyl (C=O) groups is 2. The summed E-state index contributed by atoms with van der Waals surface area (Å²) in [6, 6.07) is 6.21. The maximum absolute atomic E-state index is 12.6. The van der Waals surface area contributed by atoms with E-state index in [1.807, 2.05) is 0 Å². The van der Waals surface area contributed by atoms with Gasteiger partial charge < -0.3 is 9.64 Å². The molecule has 1 aliphatic heterocycles. The number of hydrogen-bond donors (Lipinski definition) is 0. The van der Waals surface area contributed by atoms with Crippen LogP contribution in [-0.4, -0.2) is 58.2 Å². The monoisotopic (exact) mass is 368 g/mol. The maximum atomic E-state index is 12.6. The van der Waals surface area contributed by atoms with Gasteiger partial charge in [-0.05, 0) is 30.9 Å². The lowest BCUT2D eigenvalue weighted by atomic mass is 10.0. The zero-order valence-corrected chi connectivity index (χ0v) is 15.6. The second-order valence-electron chi connectivity index (χ2n) is 6.37. The van der Waals surface area contributed by atoms with Gasteiger partial charge in [0.05, 0.1) is 24.6 Å². The Morgan fingerprint density at radius 3 is 2.60 bits per heavy atom. The number of rotatable bonds is 5. The molecule has 8 heteroatoms. The van der Waals surface area contributed by atoms with Crippen molar-refractivity contribution >= 4 is 27.6 Å². The molecule has 1 unspecified atom stereocenters. The largest absolute Gasteiger partial charge is 0.465 e. The molecule has 1 heterocycles. The van der Waals surface area contributed by atoms with E-state index in [0.29, 0.717) is 19.0 Å². The Morgan fingerprint density at radius 1 is 1.32 bits per heavy atom. The van der Waals surface area contributed by atoms with Gasteiger partial charge in [0.1, 0.15) is 6.54 Å². The Hall–Kier alpha value is -2.09. The molecule has 0 radical (unpaired) electrons. The average Bonchev–Trinajstić information content (AvgIpc) is 2.57. The highest BCUT2D eigenvalue weighted by molar-refractivity contribution is 7.92. The number of benzene rings is 1. The predicted octanol–water partition coefficient (Wildman–Crippen LogP) is 1.50. The van der Waals surface area contributed by atoms with Crippen molar-refractivity contribution in [2.24, 2.45) is 5.92 Å². The van der Waals surface area contributed by atoms with Gasteiger partial charge >= 0.3 is 5.97 Å². The first kappa shape index (κ1) is 19.2. The highest BCUT2D eigenvalue weighted by Gasteiger charge is 2.29. The molecular formula is C17H24N2O5S. The molecule has 1 amide bonds. The quantitative estimate of drug-likeness (QED) is 0.736. The minimum atomic E-state index is -3.75. The summed E-state index contributed by atoms with van der Waals surface area (Å²) in [5.74, 6) is -0.522. The number of piperidine rings is 1. The molecule has 1 saturated heterocycles. The van der Waals surface area contributed by atoms with Crippen LogP contribution in [0.5, 0.6) is 0 Å². The van der Waals surface area contributed by atoms with E-state index in [1.165, 1.54) is 19.2 Å². The molecule has 25 heavy (non-hydrogen) atoms. The van der Waals surface area contributed by atoms with Crippen molar-refractivity contribution < 1.29 is 22.7 Å². The van der Waals surface area contributed by atoms with Crippen molar-refractivity contribution in [3.8, 4) is 0 Å². The van der Waals surface area contributed by atoms with Crippen LogP contribution in [-0.2, 0) is 19.6 Å². The number of esters is 1. The van der Waals surface area contributed by atoms with Gasteiger partial charge in [0, 0.05) is 13.1 Å². The first-order chi connectivity index (χ1) is 11.7. The van der Waals surface area contributed by atoms with Crippen LogP contribution >= 0.6 is 0 Å². The smallest absolute Gasteiger partial charge is 0.340 e. The predicted molar refractivity (Wildman–Crippen MR) is 94.9 cm³/mol. The molecule has 0 aliphatic carbocycles. The lowest BCUT2D eigenvalue weighted by molar-refractivity contribution is -0.131. The second kappa shape index (κ2) is 7.86. The number of anilines is 1. The molecule has 1 aromatic carbocycles. The molecule has 0 spiro atoms. The fourth-order valence-corrected chi connectivity index (χ4v) is 3.85. The van der Waals surface area contributed by atoms with Crippen LogP contribution < -0.4 is 4.31 Å². The van der Waals surface area contributed by atoms with Crippen LogP contribution in [0.25, 0.3) is 0 Å². The topological polar surface area (TPSA) is 84.0 Å². The van der Waals surface area contributed by atoms with E-state index in [2.05, 4.69) is 6.92 Å². The van der Waals surface area contributed by atoms with Crippen molar-refractivity contribution in [3.05, 3.63) is 29.8 Å². The third-order valence-electron chi connectivity index (χ3n) is 4.27. The third-order valence-corrected chi connectivity index (χ3v) is 5.39. The molecule has 7 nitrogen and oxygen atoms in total. The van der Waals surface area contributed by atoms with Crippen molar-refractivity contribution in [1.82, 2.24) is 4.90 Å². The molecule has 2 rings (SSSR count). The molecule has 1 atom stereocenters. The number of amides is 1. The standard InChI is InChI=1S/C17H24N2O5S/c1-13-7-6-10-18(11-13)16(20)12-19(25(3,22)23)15-9-5-4-8-14(15)17(21)24-2/h4-5,8-9,13H,6-7,10-12H2,1-3H3. The molecule has 138 valence electrons. The van der Waals surface area contributed by atoms with Gasteiger partial charge in [0.15, 0.2) is 0 Å². The Morgan fingerprint density at radius 2 is 2.00 bits per heavy atom. The number of sulfonamides is 1. The summed E-state index contributed by atoms with van der Waals surface area (Å²) < 4.78 is 30.3. The summed E-state index contributed by atoms with van der Waals surface area (Å²) in [6.07, 6.45) is 2.99. The zero-order valence-electron chi connectivity index (χ0n) is 14.8. The van der Waals surface area contributed by atoms with Gasteiger partial charge in [-0.25, -0.2) is 13.2 Å². The van der Waals surface area contributed by atoms with E-state index >= 15 is 0 Å². The van der Waals surface area contributed by atoms with E-state index in [9.17, 15) is 18.0 Å². The van der Waals surface area contributed by atoms with Crippen LogP contribution in [0.1, 0.15) is 30.1 Å². The zero-order chi connectivity index (χ0) is 18.6. The lowest BCUT2D eigenvalue weighted by Crippen LogP contribution is -2.46. The molecule has 1 fully saturated rings. The van der Waals surface area contributed by atoms with E-state index in [-0.39, 0.29) is 23.7 Å². The fourth-order valence-electron chi connectivity index (χ4n) is 2.99. The number of methoxy groups -OCH3 is 1.